The van der Waals surface area contributed by atoms with Gasteiger partial charge in [0.2, 0.25) is 5.91 Å². The smallest absolute Gasteiger partial charge is 0.244 e. The predicted octanol–water partition coefficient (Wildman–Crippen LogP) is 4.37. The van der Waals surface area contributed by atoms with Crippen LogP contribution in [0.2, 0.25) is 10.0 Å². The lowest BCUT2D eigenvalue weighted by molar-refractivity contribution is -0.124. The topological polar surface area (TPSA) is 73.6 Å². The van der Waals surface area contributed by atoms with E-state index in [0.717, 1.165) is 0 Å². The van der Waals surface area contributed by atoms with Crippen LogP contribution in [0.4, 0.5) is 10.1 Å². The zero-order valence-corrected chi connectivity index (χ0v) is 15.2. The van der Waals surface area contributed by atoms with Crippen molar-refractivity contribution in [1.82, 2.24) is 0 Å². The van der Waals surface area contributed by atoms with Crippen molar-refractivity contribution in [2.24, 2.45) is 5.73 Å². The number of benzene rings is 2. The van der Waals surface area contributed by atoms with Crippen molar-refractivity contribution >= 4 is 34.8 Å². The molecule has 3 rings (SSSR count). The molecule has 1 aliphatic heterocycles. The molecule has 5 nitrogen and oxygen atoms in total. The third kappa shape index (κ3) is 4.27. The summed E-state index contributed by atoms with van der Waals surface area (Å²) in [6, 6.07) is 8.73. The normalized spacial score (nSPS) is 16.2. The summed E-state index contributed by atoms with van der Waals surface area (Å²) in [6.45, 7) is 0.847. The molecule has 0 bridgehead atoms. The maximum absolute atomic E-state index is 14.3. The number of anilines is 1. The van der Waals surface area contributed by atoms with Gasteiger partial charge in [0.05, 0.1) is 5.02 Å². The molecule has 8 heteroatoms. The molecule has 26 heavy (non-hydrogen) atoms. The Hall–Kier alpha value is -1.86. The highest BCUT2D eigenvalue weighted by molar-refractivity contribution is 6.35. The standard InChI is InChI=1S/C18H17Cl2FN2O3/c19-11-1-3-15(13(20)9-11)26-16-4-2-12(10-14(16)21)23-17(24)18(22)5-7-25-8-6-18/h1-4,9-10H,5-8,22H2,(H,23,24). The zero-order valence-electron chi connectivity index (χ0n) is 13.7. The van der Waals surface area contributed by atoms with Crippen molar-refractivity contribution in [3.63, 3.8) is 0 Å². The van der Waals surface area contributed by atoms with Gasteiger partial charge in [0.1, 0.15) is 11.3 Å². The number of hydrogen-bond acceptors (Lipinski definition) is 4. The highest BCUT2D eigenvalue weighted by Gasteiger charge is 2.36. The van der Waals surface area contributed by atoms with Crippen LogP contribution in [-0.4, -0.2) is 24.7 Å². The lowest BCUT2D eigenvalue weighted by Gasteiger charge is -2.31. The molecule has 3 N–H and O–H groups in total. The Morgan fingerprint density at radius 3 is 2.50 bits per heavy atom. The van der Waals surface area contributed by atoms with Gasteiger partial charge in [-0.25, -0.2) is 4.39 Å². The van der Waals surface area contributed by atoms with Crippen molar-refractivity contribution in [3.05, 3.63) is 52.3 Å². The van der Waals surface area contributed by atoms with Gasteiger partial charge in [0, 0.05) is 30.0 Å². The van der Waals surface area contributed by atoms with Gasteiger partial charge >= 0.3 is 0 Å². The summed E-state index contributed by atoms with van der Waals surface area (Å²) in [6.07, 6.45) is 0.829. The summed E-state index contributed by atoms with van der Waals surface area (Å²) >= 11 is 11.8. The number of nitrogens with two attached hydrogens (primary N) is 1. The molecule has 2 aromatic carbocycles. The van der Waals surface area contributed by atoms with Gasteiger partial charge in [-0.1, -0.05) is 23.2 Å². The van der Waals surface area contributed by atoms with Gasteiger partial charge in [0.25, 0.3) is 0 Å². The number of amides is 1. The lowest BCUT2D eigenvalue weighted by Crippen LogP contribution is -2.54. The minimum absolute atomic E-state index is 0.0271. The van der Waals surface area contributed by atoms with E-state index in [0.29, 0.717) is 36.8 Å². The van der Waals surface area contributed by atoms with Crippen LogP contribution >= 0.6 is 23.2 Å². The predicted molar refractivity (Wildman–Crippen MR) is 98.5 cm³/mol. The number of rotatable bonds is 4. The summed E-state index contributed by atoms with van der Waals surface area (Å²) in [7, 11) is 0. The van der Waals surface area contributed by atoms with E-state index >= 15 is 0 Å². The number of ether oxygens (including phenoxy) is 2. The largest absolute Gasteiger partial charge is 0.453 e. The fourth-order valence-electron chi connectivity index (χ4n) is 2.56. The van der Waals surface area contributed by atoms with E-state index in [-0.39, 0.29) is 22.4 Å². The van der Waals surface area contributed by atoms with E-state index in [4.69, 9.17) is 38.4 Å². The first kappa shape index (κ1) is 18.9. The van der Waals surface area contributed by atoms with E-state index in [1.807, 2.05) is 0 Å². The third-order valence-corrected chi connectivity index (χ3v) is 4.67. The number of carbonyl (C=O) groups is 1. The molecule has 0 atom stereocenters. The van der Waals surface area contributed by atoms with Crippen molar-refractivity contribution < 1.29 is 18.7 Å². The van der Waals surface area contributed by atoms with E-state index in [1.54, 1.807) is 12.1 Å². The van der Waals surface area contributed by atoms with Crippen LogP contribution < -0.4 is 15.8 Å². The Balaban J connectivity index is 1.72. The van der Waals surface area contributed by atoms with Gasteiger partial charge in [-0.2, -0.15) is 0 Å². The highest BCUT2D eigenvalue weighted by Crippen LogP contribution is 2.33. The summed E-state index contributed by atoms with van der Waals surface area (Å²) in [5, 5.41) is 3.36. The number of nitrogens with one attached hydrogen (secondary N) is 1. The van der Waals surface area contributed by atoms with Gasteiger partial charge in [-0.15, -0.1) is 0 Å². The Labute approximate surface area is 160 Å². The second-order valence-corrected chi connectivity index (χ2v) is 6.89. The molecule has 1 heterocycles. The number of halogens is 3. The lowest BCUT2D eigenvalue weighted by atomic mass is 9.90. The molecule has 2 aromatic rings. The minimum atomic E-state index is -1.01. The fraction of sp³-hybridized carbons (Fsp3) is 0.278. The van der Waals surface area contributed by atoms with Crippen LogP contribution in [-0.2, 0) is 9.53 Å². The first-order valence-electron chi connectivity index (χ1n) is 7.98. The Morgan fingerprint density at radius 2 is 1.85 bits per heavy atom. The Morgan fingerprint density at radius 1 is 1.15 bits per heavy atom. The van der Waals surface area contributed by atoms with Gasteiger partial charge < -0.3 is 20.5 Å². The molecule has 1 saturated heterocycles. The van der Waals surface area contributed by atoms with E-state index in [9.17, 15) is 9.18 Å². The van der Waals surface area contributed by atoms with Crippen molar-refractivity contribution in [3.8, 4) is 11.5 Å². The second-order valence-electron chi connectivity index (χ2n) is 6.04. The first-order chi connectivity index (χ1) is 12.4. The van der Waals surface area contributed by atoms with Crippen LogP contribution in [0.5, 0.6) is 11.5 Å². The first-order valence-corrected chi connectivity index (χ1v) is 8.73. The van der Waals surface area contributed by atoms with E-state index < -0.39 is 11.4 Å². The van der Waals surface area contributed by atoms with Crippen LogP contribution in [0, 0.1) is 5.82 Å². The molecule has 1 amide bonds. The Bertz CT molecular complexity index is 826. The van der Waals surface area contributed by atoms with Crippen molar-refractivity contribution in [1.29, 1.82) is 0 Å². The SMILES string of the molecule is NC1(C(=O)Nc2ccc(Oc3ccc(Cl)cc3Cl)c(F)c2)CCOCC1. The van der Waals surface area contributed by atoms with Gasteiger partial charge in [0.15, 0.2) is 11.6 Å². The zero-order chi connectivity index (χ0) is 18.7. The van der Waals surface area contributed by atoms with Crippen LogP contribution in [0.3, 0.4) is 0 Å². The summed E-state index contributed by atoms with van der Waals surface area (Å²) in [5.41, 5.74) is 5.39. The average Bonchev–Trinajstić information content (AvgIpc) is 2.60. The second kappa shape index (κ2) is 7.80. The minimum Gasteiger partial charge on any atom is -0.453 e. The average molecular weight is 399 g/mol. The van der Waals surface area contributed by atoms with Crippen molar-refractivity contribution in [2.45, 2.75) is 18.4 Å². The molecule has 0 spiro atoms. The molecule has 0 aliphatic carbocycles. The molecular formula is C18H17Cl2FN2O3. The molecule has 0 radical (unpaired) electrons. The monoisotopic (exact) mass is 398 g/mol. The Kier molecular flexibility index (Phi) is 5.67. The maximum atomic E-state index is 14.3. The molecule has 1 aliphatic rings. The number of carbonyl (C=O) groups excluding carboxylic acids is 1. The summed E-state index contributed by atoms with van der Waals surface area (Å²) in [5.74, 6) is -0.767. The molecule has 138 valence electrons. The molecule has 0 saturated carbocycles. The number of hydrogen-bond donors (Lipinski definition) is 2. The van der Waals surface area contributed by atoms with Gasteiger partial charge in [-0.05, 0) is 43.2 Å². The summed E-state index contributed by atoms with van der Waals surface area (Å²) in [4.78, 5) is 12.4. The van der Waals surface area contributed by atoms with Crippen molar-refractivity contribution in [2.75, 3.05) is 18.5 Å². The van der Waals surface area contributed by atoms with Crippen LogP contribution in [0.1, 0.15) is 12.8 Å². The third-order valence-electron chi connectivity index (χ3n) is 4.14. The molecule has 1 fully saturated rings. The quantitative estimate of drug-likeness (QED) is 0.801. The maximum Gasteiger partial charge on any atom is 0.244 e. The van der Waals surface area contributed by atoms with Gasteiger partial charge in [-0.3, -0.25) is 4.79 Å². The van der Waals surface area contributed by atoms with E-state index in [2.05, 4.69) is 5.32 Å². The highest BCUT2D eigenvalue weighted by atomic mass is 35.5. The summed E-state index contributed by atoms with van der Waals surface area (Å²) < 4.78 is 25.0. The molecule has 0 unspecified atom stereocenters. The fourth-order valence-corrected chi connectivity index (χ4v) is 3.00. The van der Waals surface area contributed by atoms with Crippen LogP contribution in [0.25, 0.3) is 0 Å². The molecular weight excluding hydrogens is 382 g/mol. The van der Waals surface area contributed by atoms with E-state index in [1.165, 1.54) is 24.3 Å². The molecule has 0 aromatic heterocycles. The van der Waals surface area contributed by atoms with Crippen LogP contribution in [0.15, 0.2) is 36.4 Å².